The number of rotatable bonds is 4. The number of hydrogen-bond donors (Lipinski definition) is 0. The summed E-state index contributed by atoms with van der Waals surface area (Å²) in [4.78, 5) is 23.5. The summed E-state index contributed by atoms with van der Waals surface area (Å²) in [6.45, 7) is 3.36. The zero-order valence-electron chi connectivity index (χ0n) is 9.17. The van der Waals surface area contributed by atoms with Gasteiger partial charge in [-0.1, -0.05) is 0 Å². The van der Waals surface area contributed by atoms with Crippen molar-refractivity contribution >= 4 is 22.8 Å². The summed E-state index contributed by atoms with van der Waals surface area (Å²) in [6.07, 6.45) is 4.55. The van der Waals surface area contributed by atoms with Gasteiger partial charge in [0.25, 0.3) is 0 Å². The molecule has 0 aromatic rings. The first-order chi connectivity index (χ1) is 7.09. The highest BCUT2D eigenvalue weighted by Crippen LogP contribution is 2.22. The molecule has 15 heavy (non-hydrogen) atoms. The van der Waals surface area contributed by atoms with Crippen molar-refractivity contribution < 1.29 is 9.59 Å². The van der Waals surface area contributed by atoms with Gasteiger partial charge in [0, 0.05) is 26.4 Å². The lowest BCUT2D eigenvalue weighted by Gasteiger charge is -2.31. The molecule has 1 aliphatic heterocycles. The molecule has 0 atom stereocenters. The van der Waals surface area contributed by atoms with Crippen LogP contribution in [-0.2, 0) is 9.59 Å². The summed E-state index contributed by atoms with van der Waals surface area (Å²) >= 11 is 5.27. The molecule has 4 heteroatoms. The van der Waals surface area contributed by atoms with Crippen LogP contribution in [0.3, 0.4) is 0 Å². The molecule has 0 spiro atoms. The van der Waals surface area contributed by atoms with Gasteiger partial charge in [0.2, 0.25) is 11.1 Å². The van der Waals surface area contributed by atoms with Gasteiger partial charge >= 0.3 is 0 Å². The molecular formula is C11H18ClNO2. The number of amides is 1. The SMILES string of the molecule is CC(=O)N1CCC(CCCC(=O)Cl)CC1. The van der Waals surface area contributed by atoms with E-state index in [1.807, 2.05) is 4.90 Å². The first kappa shape index (κ1) is 12.5. The van der Waals surface area contributed by atoms with Crippen LogP contribution >= 0.6 is 11.6 Å². The predicted octanol–water partition coefficient (Wildman–Crippen LogP) is 2.18. The number of carbonyl (C=O) groups is 2. The van der Waals surface area contributed by atoms with Crippen molar-refractivity contribution in [1.82, 2.24) is 4.90 Å². The number of piperidine rings is 1. The molecule has 0 aromatic heterocycles. The normalized spacial score (nSPS) is 17.9. The van der Waals surface area contributed by atoms with E-state index in [0.29, 0.717) is 12.3 Å². The molecule has 0 bridgehead atoms. The summed E-state index contributed by atoms with van der Waals surface area (Å²) in [7, 11) is 0. The highest BCUT2D eigenvalue weighted by Gasteiger charge is 2.20. The van der Waals surface area contributed by atoms with E-state index in [-0.39, 0.29) is 11.1 Å². The second-order valence-corrected chi connectivity index (χ2v) is 4.62. The van der Waals surface area contributed by atoms with Gasteiger partial charge in [-0.15, -0.1) is 0 Å². The summed E-state index contributed by atoms with van der Waals surface area (Å²) in [6, 6.07) is 0. The molecule has 3 nitrogen and oxygen atoms in total. The maximum absolute atomic E-state index is 11.1. The van der Waals surface area contributed by atoms with E-state index in [1.165, 1.54) is 0 Å². The third-order valence-electron chi connectivity index (χ3n) is 3.05. The Kier molecular flexibility index (Phi) is 5.09. The maximum atomic E-state index is 11.1. The lowest BCUT2D eigenvalue weighted by Crippen LogP contribution is -2.36. The van der Waals surface area contributed by atoms with Crippen molar-refractivity contribution in [3.8, 4) is 0 Å². The third-order valence-corrected chi connectivity index (χ3v) is 3.23. The quantitative estimate of drug-likeness (QED) is 0.696. The number of hydrogen-bond acceptors (Lipinski definition) is 2. The molecule has 0 unspecified atom stereocenters. The molecular weight excluding hydrogens is 214 g/mol. The van der Waals surface area contributed by atoms with Crippen molar-refractivity contribution in [2.75, 3.05) is 13.1 Å². The van der Waals surface area contributed by atoms with Gasteiger partial charge in [0.1, 0.15) is 0 Å². The van der Waals surface area contributed by atoms with Crippen LogP contribution in [0.2, 0.25) is 0 Å². The Balaban J connectivity index is 2.14. The van der Waals surface area contributed by atoms with Gasteiger partial charge in [-0.3, -0.25) is 9.59 Å². The Bertz CT molecular complexity index is 232. The van der Waals surface area contributed by atoms with Gasteiger partial charge in [0.15, 0.2) is 0 Å². The van der Waals surface area contributed by atoms with E-state index >= 15 is 0 Å². The molecule has 1 aliphatic rings. The molecule has 0 aromatic carbocycles. The van der Waals surface area contributed by atoms with Crippen LogP contribution in [-0.4, -0.2) is 29.1 Å². The minimum atomic E-state index is -0.240. The second kappa shape index (κ2) is 6.11. The van der Waals surface area contributed by atoms with Crippen molar-refractivity contribution in [1.29, 1.82) is 0 Å². The number of nitrogens with zero attached hydrogens (tertiary/aromatic N) is 1. The van der Waals surface area contributed by atoms with Gasteiger partial charge in [-0.25, -0.2) is 0 Å². The molecule has 0 saturated carbocycles. The van der Waals surface area contributed by atoms with Crippen LogP contribution in [0.15, 0.2) is 0 Å². The first-order valence-electron chi connectivity index (χ1n) is 5.53. The molecule has 86 valence electrons. The minimum absolute atomic E-state index is 0.171. The lowest BCUT2D eigenvalue weighted by molar-refractivity contribution is -0.130. The molecule has 0 aliphatic carbocycles. The van der Waals surface area contributed by atoms with E-state index in [2.05, 4.69) is 0 Å². The van der Waals surface area contributed by atoms with E-state index in [0.717, 1.165) is 38.8 Å². The summed E-state index contributed by atoms with van der Waals surface area (Å²) in [5, 5.41) is -0.240. The third kappa shape index (κ3) is 4.65. The molecule has 0 N–H and O–H groups in total. The Labute approximate surface area is 95.8 Å². The van der Waals surface area contributed by atoms with Gasteiger partial charge < -0.3 is 4.90 Å². The van der Waals surface area contributed by atoms with Crippen molar-refractivity contribution in [2.45, 2.75) is 39.0 Å². The van der Waals surface area contributed by atoms with Crippen LogP contribution in [0.25, 0.3) is 0 Å². The molecule has 1 saturated heterocycles. The number of halogens is 1. The summed E-state index contributed by atoms with van der Waals surface area (Å²) < 4.78 is 0. The largest absolute Gasteiger partial charge is 0.343 e. The highest BCUT2D eigenvalue weighted by molar-refractivity contribution is 6.63. The summed E-state index contributed by atoms with van der Waals surface area (Å²) in [5.74, 6) is 0.834. The Hall–Kier alpha value is -0.570. The lowest BCUT2D eigenvalue weighted by atomic mass is 9.91. The fourth-order valence-electron chi connectivity index (χ4n) is 2.07. The first-order valence-corrected chi connectivity index (χ1v) is 5.91. The van der Waals surface area contributed by atoms with Gasteiger partial charge in [0.05, 0.1) is 0 Å². The fraction of sp³-hybridized carbons (Fsp3) is 0.818. The molecule has 1 fully saturated rings. The Morgan fingerprint density at radius 3 is 2.40 bits per heavy atom. The van der Waals surface area contributed by atoms with Crippen molar-refractivity contribution in [3.05, 3.63) is 0 Å². The zero-order chi connectivity index (χ0) is 11.3. The van der Waals surface area contributed by atoms with Crippen LogP contribution in [0, 0.1) is 5.92 Å². The van der Waals surface area contributed by atoms with E-state index in [9.17, 15) is 9.59 Å². The van der Waals surface area contributed by atoms with Gasteiger partial charge in [-0.2, -0.15) is 0 Å². The van der Waals surface area contributed by atoms with Crippen molar-refractivity contribution in [2.24, 2.45) is 5.92 Å². The zero-order valence-corrected chi connectivity index (χ0v) is 9.92. The van der Waals surface area contributed by atoms with Crippen LogP contribution in [0.1, 0.15) is 39.0 Å². The minimum Gasteiger partial charge on any atom is -0.343 e. The van der Waals surface area contributed by atoms with E-state index < -0.39 is 0 Å². The standard InChI is InChI=1S/C11H18ClNO2/c1-9(14)13-7-5-10(6-8-13)3-2-4-11(12)15/h10H,2-8H2,1H3. The molecule has 1 rings (SSSR count). The second-order valence-electron chi connectivity index (χ2n) is 4.20. The fourth-order valence-corrected chi connectivity index (χ4v) is 2.20. The van der Waals surface area contributed by atoms with Gasteiger partial charge in [-0.05, 0) is 43.2 Å². The highest BCUT2D eigenvalue weighted by atomic mass is 35.5. The molecule has 1 amide bonds. The molecule has 0 radical (unpaired) electrons. The predicted molar refractivity (Wildman–Crippen MR) is 59.7 cm³/mol. The number of likely N-dealkylation sites (tertiary alicyclic amines) is 1. The van der Waals surface area contributed by atoms with E-state index in [1.54, 1.807) is 6.92 Å². The van der Waals surface area contributed by atoms with E-state index in [4.69, 9.17) is 11.6 Å². The average molecular weight is 232 g/mol. The van der Waals surface area contributed by atoms with Crippen molar-refractivity contribution in [3.63, 3.8) is 0 Å². The average Bonchev–Trinajstić information content (AvgIpc) is 2.18. The Morgan fingerprint density at radius 1 is 1.33 bits per heavy atom. The monoisotopic (exact) mass is 231 g/mol. The number of carbonyl (C=O) groups excluding carboxylic acids is 2. The Morgan fingerprint density at radius 2 is 1.93 bits per heavy atom. The maximum Gasteiger partial charge on any atom is 0.221 e. The smallest absolute Gasteiger partial charge is 0.221 e. The van der Waals surface area contributed by atoms with Crippen LogP contribution in [0.5, 0.6) is 0 Å². The molecule has 1 heterocycles. The topological polar surface area (TPSA) is 37.4 Å². The van der Waals surface area contributed by atoms with Crippen LogP contribution in [0.4, 0.5) is 0 Å². The van der Waals surface area contributed by atoms with Crippen LogP contribution < -0.4 is 0 Å². The summed E-state index contributed by atoms with van der Waals surface area (Å²) in [5.41, 5.74) is 0.